The smallest absolute Gasteiger partial charge is 0.227 e. The molecule has 3 aromatic rings. The Bertz CT molecular complexity index is 892. The molecule has 0 amide bonds. The van der Waals surface area contributed by atoms with E-state index in [1.54, 1.807) is 24.3 Å². The van der Waals surface area contributed by atoms with Crippen molar-refractivity contribution in [3.8, 4) is 28.8 Å². The van der Waals surface area contributed by atoms with E-state index in [4.69, 9.17) is 5.26 Å². The van der Waals surface area contributed by atoms with Crippen LogP contribution in [0.4, 0.5) is 5.69 Å². The van der Waals surface area contributed by atoms with Crippen molar-refractivity contribution in [2.24, 2.45) is 0 Å². The Morgan fingerprint density at radius 2 is 1.91 bits per heavy atom. The van der Waals surface area contributed by atoms with Gasteiger partial charge in [-0.05, 0) is 36.4 Å². The molecule has 1 aliphatic heterocycles. The van der Waals surface area contributed by atoms with Gasteiger partial charge in [0.25, 0.3) is 0 Å². The molecule has 2 N–H and O–H groups in total. The van der Waals surface area contributed by atoms with E-state index in [1.165, 1.54) is 4.68 Å². The molecule has 0 bridgehead atoms. The molecule has 1 atom stereocenters. The minimum atomic E-state index is -0.954. The Morgan fingerprint density at radius 1 is 1.14 bits per heavy atom. The minimum absolute atomic E-state index is 0.511. The number of nitriles is 1. The van der Waals surface area contributed by atoms with Crippen molar-refractivity contribution in [3.05, 3.63) is 54.1 Å². The van der Waals surface area contributed by atoms with Crippen molar-refractivity contribution >= 4 is 5.69 Å². The summed E-state index contributed by atoms with van der Waals surface area (Å²) in [4.78, 5) is 4.54. The van der Waals surface area contributed by atoms with Crippen LogP contribution in [0, 0.1) is 11.3 Å². The lowest BCUT2D eigenvalue weighted by atomic mass is 10.1. The number of rotatable bonds is 1. The van der Waals surface area contributed by atoms with Crippen LogP contribution < -0.4 is 5.32 Å². The molecule has 6 heteroatoms. The van der Waals surface area contributed by atoms with Crippen molar-refractivity contribution < 1.29 is 5.11 Å². The fraction of sp³-hybridized carbons (Fsp3) is 0.0625. The van der Waals surface area contributed by atoms with E-state index in [0.29, 0.717) is 17.2 Å². The van der Waals surface area contributed by atoms with Crippen molar-refractivity contribution in [1.82, 2.24) is 14.8 Å². The van der Waals surface area contributed by atoms with Crippen molar-refractivity contribution in [2.75, 3.05) is 5.32 Å². The number of aliphatic hydroxyl groups is 1. The topological polar surface area (TPSA) is 86.8 Å². The van der Waals surface area contributed by atoms with E-state index >= 15 is 0 Å². The summed E-state index contributed by atoms with van der Waals surface area (Å²) in [5, 5.41) is 26.3. The number of nitrogens with zero attached hydrogens (tertiary/aromatic N) is 4. The van der Waals surface area contributed by atoms with Gasteiger partial charge in [0, 0.05) is 16.8 Å². The monoisotopic (exact) mass is 289 g/mol. The molecule has 1 aromatic heterocycles. The lowest BCUT2D eigenvalue weighted by Gasteiger charge is -2.23. The Balaban J connectivity index is 1.84. The van der Waals surface area contributed by atoms with Gasteiger partial charge in [-0.1, -0.05) is 12.1 Å². The van der Waals surface area contributed by atoms with Crippen molar-refractivity contribution in [2.45, 2.75) is 6.35 Å². The number of para-hydroxylation sites is 1. The van der Waals surface area contributed by atoms with Crippen LogP contribution in [0.2, 0.25) is 0 Å². The lowest BCUT2D eigenvalue weighted by Crippen LogP contribution is -2.24. The molecule has 0 aliphatic carbocycles. The molecule has 1 aliphatic rings. The lowest BCUT2D eigenvalue weighted by molar-refractivity contribution is 0.119. The highest BCUT2D eigenvalue weighted by Crippen LogP contribution is 2.34. The summed E-state index contributed by atoms with van der Waals surface area (Å²) in [6.07, 6.45) is -0.954. The Hall–Kier alpha value is -3.17. The van der Waals surface area contributed by atoms with Gasteiger partial charge < -0.3 is 10.4 Å². The standard InChI is InChI=1S/C16H11N5O/c17-9-10-5-7-11(8-6-10)14-19-15-12-3-1-2-4-13(12)18-16(22)21(15)20-14/h1-8,16,18,22H. The van der Waals surface area contributed by atoms with Gasteiger partial charge in [0.15, 0.2) is 11.6 Å². The van der Waals surface area contributed by atoms with Gasteiger partial charge >= 0.3 is 0 Å². The molecule has 2 aromatic carbocycles. The number of aromatic nitrogens is 3. The third-order valence-electron chi connectivity index (χ3n) is 3.59. The molecule has 0 fully saturated rings. The van der Waals surface area contributed by atoms with Gasteiger partial charge in [-0.25, -0.2) is 4.98 Å². The highest BCUT2D eigenvalue weighted by Gasteiger charge is 2.25. The molecule has 6 nitrogen and oxygen atoms in total. The molecule has 0 spiro atoms. The zero-order chi connectivity index (χ0) is 15.1. The third-order valence-corrected chi connectivity index (χ3v) is 3.59. The van der Waals surface area contributed by atoms with Crippen LogP contribution in [-0.4, -0.2) is 19.9 Å². The van der Waals surface area contributed by atoms with E-state index in [2.05, 4.69) is 21.5 Å². The average Bonchev–Trinajstić information content (AvgIpc) is 3.01. The van der Waals surface area contributed by atoms with E-state index < -0.39 is 6.35 Å². The largest absolute Gasteiger partial charge is 0.355 e. The summed E-state index contributed by atoms with van der Waals surface area (Å²) in [7, 11) is 0. The highest BCUT2D eigenvalue weighted by atomic mass is 16.3. The minimum Gasteiger partial charge on any atom is -0.355 e. The van der Waals surface area contributed by atoms with Crippen molar-refractivity contribution in [3.63, 3.8) is 0 Å². The van der Waals surface area contributed by atoms with Crippen LogP contribution in [-0.2, 0) is 0 Å². The highest BCUT2D eigenvalue weighted by molar-refractivity contribution is 5.76. The first-order valence-corrected chi connectivity index (χ1v) is 6.77. The number of nitrogens with one attached hydrogen (secondary N) is 1. The summed E-state index contributed by atoms with van der Waals surface area (Å²) in [5.41, 5.74) is 3.09. The van der Waals surface area contributed by atoms with Crippen LogP contribution in [0.1, 0.15) is 11.9 Å². The average molecular weight is 289 g/mol. The van der Waals surface area contributed by atoms with Gasteiger partial charge in [0.2, 0.25) is 6.35 Å². The maximum absolute atomic E-state index is 10.2. The van der Waals surface area contributed by atoms with E-state index in [9.17, 15) is 5.11 Å². The van der Waals surface area contributed by atoms with Crippen LogP contribution in [0.3, 0.4) is 0 Å². The maximum Gasteiger partial charge on any atom is 0.227 e. The predicted molar refractivity (Wildman–Crippen MR) is 80.5 cm³/mol. The second-order valence-electron chi connectivity index (χ2n) is 4.96. The summed E-state index contributed by atoms with van der Waals surface area (Å²) >= 11 is 0. The summed E-state index contributed by atoms with van der Waals surface area (Å²) in [6, 6.07) is 16.7. The molecule has 4 rings (SSSR count). The number of benzene rings is 2. The van der Waals surface area contributed by atoms with Gasteiger partial charge in [0.1, 0.15) is 0 Å². The Labute approximate surface area is 126 Å². The number of aliphatic hydroxyl groups excluding tert-OH is 1. The maximum atomic E-state index is 10.2. The number of fused-ring (bicyclic) bond motifs is 3. The van der Waals surface area contributed by atoms with Gasteiger partial charge in [-0.2, -0.15) is 9.94 Å². The van der Waals surface area contributed by atoms with Crippen LogP contribution in [0.15, 0.2) is 48.5 Å². The second-order valence-corrected chi connectivity index (χ2v) is 4.96. The molecule has 0 saturated carbocycles. The molecule has 2 heterocycles. The molecule has 0 saturated heterocycles. The van der Waals surface area contributed by atoms with Crippen LogP contribution in [0.25, 0.3) is 22.8 Å². The van der Waals surface area contributed by atoms with Crippen LogP contribution in [0.5, 0.6) is 0 Å². The fourth-order valence-electron chi connectivity index (χ4n) is 2.50. The van der Waals surface area contributed by atoms with Gasteiger partial charge in [-0.3, -0.25) is 0 Å². The van der Waals surface area contributed by atoms with Gasteiger partial charge in [-0.15, -0.1) is 5.10 Å². The molecular formula is C16H11N5O. The van der Waals surface area contributed by atoms with Gasteiger partial charge in [0.05, 0.1) is 11.6 Å². The summed E-state index contributed by atoms with van der Waals surface area (Å²) in [5.74, 6) is 1.12. The SMILES string of the molecule is N#Cc1ccc(-c2nc3n(n2)C(O)Nc2ccccc2-3)cc1. The Kier molecular flexibility index (Phi) is 2.68. The molecule has 106 valence electrons. The third kappa shape index (κ3) is 1.84. The molecule has 0 radical (unpaired) electrons. The summed E-state index contributed by atoms with van der Waals surface area (Å²) in [6.45, 7) is 0. The second kappa shape index (κ2) is 4.69. The first kappa shape index (κ1) is 12.6. The summed E-state index contributed by atoms with van der Waals surface area (Å²) < 4.78 is 1.45. The van der Waals surface area contributed by atoms with Crippen molar-refractivity contribution in [1.29, 1.82) is 5.26 Å². The van der Waals surface area contributed by atoms with E-state index in [0.717, 1.165) is 16.8 Å². The van der Waals surface area contributed by atoms with Crippen LogP contribution >= 0.6 is 0 Å². The Morgan fingerprint density at radius 3 is 2.68 bits per heavy atom. The molecular weight excluding hydrogens is 278 g/mol. The first-order chi connectivity index (χ1) is 10.8. The van der Waals surface area contributed by atoms with E-state index in [-0.39, 0.29) is 0 Å². The normalized spacial score (nSPS) is 15.4. The predicted octanol–water partition coefficient (Wildman–Crippen LogP) is 2.36. The molecule has 1 unspecified atom stereocenters. The first-order valence-electron chi connectivity index (χ1n) is 6.77. The van der Waals surface area contributed by atoms with E-state index in [1.807, 2.05) is 24.3 Å². The quantitative estimate of drug-likeness (QED) is 0.718. The molecule has 22 heavy (non-hydrogen) atoms. The number of anilines is 1. The fourth-order valence-corrected chi connectivity index (χ4v) is 2.50. The number of hydrogen-bond acceptors (Lipinski definition) is 5. The zero-order valence-electron chi connectivity index (χ0n) is 11.4. The number of hydrogen-bond donors (Lipinski definition) is 2. The zero-order valence-corrected chi connectivity index (χ0v) is 11.4.